The summed E-state index contributed by atoms with van der Waals surface area (Å²) in [7, 11) is 3.80. The highest BCUT2D eigenvalue weighted by Crippen LogP contribution is 2.27. The van der Waals surface area contributed by atoms with Crippen LogP contribution in [0, 0.1) is 0 Å². The third-order valence-corrected chi connectivity index (χ3v) is 4.46. The zero-order valence-corrected chi connectivity index (χ0v) is 14.5. The van der Waals surface area contributed by atoms with Crippen molar-refractivity contribution in [3.05, 3.63) is 40.7 Å². The first-order valence-electron chi connectivity index (χ1n) is 7.61. The van der Waals surface area contributed by atoms with Gasteiger partial charge in [-0.3, -0.25) is 0 Å². The van der Waals surface area contributed by atoms with Crippen molar-refractivity contribution in [3.8, 4) is 11.3 Å². The van der Waals surface area contributed by atoms with Gasteiger partial charge >= 0.3 is 0 Å². The molecule has 0 atom stereocenters. The monoisotopic (exact) mass is 353 g/mol. The summed E-state index contributed by atoms with van der Waals surface area (Å²) in [5, 5.41) is 10.8. The molecule has 0 radical (unpaired) electrons. The lowest BCUT2D eigenvalue weighted by Gasteiger charge is -2.15. The predicted molar refractivity (Wildman–Crippen MR) is 96.6 cm³/mol. The molecule has 4 rings (SSSR count). The number of nitrogens with zero attached hydrogens (tertiary/aromatic N) is 6. The fraction of sp³-hybridized carbons (Fsp3) is 0.188. The summed E-state index contributed by atoms with van der Waals surface area (Å²) in [4.78, 5) is 16.4. The second kappa shape index (κ2) is 6.44. The lowest BCUT2D eigenvalue weighted by atomic mass is 10.1. The highest BCUT2D eigenvalue weighted by molar-refractivity contribution is 7.10. The molecule has 0 saturated carbocycles. The van der Waals surface area contributed by atoms with E-state index >= 15 is 0 Å². The highest BCUT2D eigenvalue weighted by Gasteiger charge is 2.15. The molecule has 3 aromatic heterocycles. The summed E-state index contributed by atoms with van der Waals surface area (Å²) in [6.07, 6.45) is 0. The van der Waals surface area contributed by atoms with Crippen LogP contribution in [0.25, 0.3) is 22.6 Å². The van der Waals surface area contributed by atoms with Crippen LogP contribution in [-0.4, -0.2) is 39.4 Å². The van der Waals surface area contributed by atoms with Crippen LogP contribution in [0.4, 0.5) is 11.6 Å². The number of nitrogens with one attached hydrogen (secondary N) is 1. The second-order valence-electron chi connectivity index (χ2n) is 5.55. The zero-order chi connectivity index (χ0) is 17.2. The largest absolute Gasteiger partial charge is 0.362 e. The summed E-state index contributed by atoms with van der Waals surface area (Å²) in [5.74, 6) is 1.30. The average Bonchev–Trinajstić information content (AvgIpc) is 3.28. The predicted octanol–water partition coefficient (Wildman–Crippen LogP) is 2.81. The Balaban J connectivity index is 1.63. The lowest BCUT2D eigenvalue weighted by molar-refractivity contribution is 0.314. The number of benzene rings is 1. The fourth-order valence-corrected chi connectivity index (χ4v) is 3.17. The van der Waals surface area contributed by atoms with E-state index in [0.29, 0.717) is 29.5 Å². The van der Waals surface area contributed by atoms with E-state index in [9.17, 15) is 0 Å². The zero-order valence-electron chi connectivity index (χ0n) is 13.7. The molecule has 4 aromatic rings. The van der Waals surface area contributed by atoms with Gasteiger partial charge in [-0.15, -0.1) is 11.3 Å². The van der Waals surface area contributed by atoms with Crippen LogP contribution >= 0.6 is 11.3 Å². The first-order chi connectivity index (χ1) is 12.2. The first kappa shape index (κ1) is 15.5. The molecule has 1 aromatic carbocycles. The van der Waals surface area contributed by atoms with Crippen molar-refractivity contribution >= 4 is 34.3 Å². The molecular formula is C16H15N7OS. The van der Waals surface area contributed by atoms with Crippen LogP contribution in [0.1, 0.15) is 4.88 Å². The van der Waals surface area contributed by atoms with Gasteiger partial charge in [0.2, 0.25) is 11.3 Å². The van der Waals surface area contributed by atoms with E-state index in [4.69, 9.17) is 4.63 Å². The molecular weight excluding hydrogens is 338 g/mol. The molecule has 0 spiro atoms. The molecule has 0 saturated heterocycles. The van der Waals surface area contributed by atoms with Crippen molar-refractivity contribution in [2.24, 2.45) is 0 Å². The summed E-state index contributed by atoms with van der Waals surface area (Å²) in [6, 6.07) is 10.1. The molecule has 0 bridgehead atoms. The van der Waals surface area contributed by atoms with Gasteiger partial charge in [-0.05, 0) is 10.3 Å². The van der Waals surface area contributed by atoms with Crippen molar-refractivity contribution in [1.82, 2.24) is 25.3 Å². The van der Waals surface area contributed by atoms with E-state index in [1.54, 1.807) is 11.3 Å². The molecule has 0 unspecified atom stereocenters. The minimum Gasteiger partial charge on any atom is -0.362 e. The summed E-state index contributed by atoms with van der Waals surface area (Å²) in [6.45, 7) is 0.585. The molecule has 9 heteroatoms. The van der Waals surface area contributed by atoms with Gasteiger partial charge in [-0.2, -0.15) is 0 Å². The van der Waals surface area contributed by atoms with E-state index < -0.39 is 0 Å². The van der Waals surface area contributed by atoms with Gasteiger partial charge in [0.1, 0.15) is 0 Å². The molecule has 0 amide bonds. The third-order valence-electron chi connectivity index (χ3n) is 3.62. The summed E-state index contributed by atoms with van der Waals surface area (Å²) < 4.78 is 4.70. The number of fused-ring (bicyclic) bond motifs is 1. The minimum atomic E-state index is 0.376. The van der Waals surface area contributed by atoms with Crippen LogP contribution in [0.2, 0.25) is 0 Å². The second-order valence-corrected chi connectivity index (χ2v) is 6.48. The Morgan fingerprint density at radius 1 is 1.08 bits per heavy atom. The van der Waals surface area contributed by atoms with E-state index in [-0.39, 0.29) is 0 Å². The van der Waals surface area contributed by atoms with Gasteiger partial charge in [0.15, 0.2) is 11.6 Å². The van der Waals surface area contributed by atoms with E-state index in [2.05, 4.69) is 42.7 Å². The number of aromatic nitrogens is 5. The van der Waals surface area contributed by atoms with Crippen molar-refractivity contribution in [2.75, 3.05) is 24.3 Å². The molecule has 0 aliphatic carbocycles. The molecule has 25 heavy (non-hydrogen) atoms. The number of hydrogen-bond acceptors (Lipinski definition) is 9. The number of rotatable bonds is 5. The van der Waals surface area contributed by atoms with Crippen LogP contribution < -0.4 is 10.2 Å². The summed E-state index contributed by atoms with van der Waals surface area (Å²) in [5.41, 5.74) is 4.68. The fourth-order valence-electron chi connectivity index (χ4n) is 2.45. The maximum atomic E-state index is 4.70. The van der Waals surface area contributed by atoms with E-state index in [1.807, 2.05) is 42.7 Å². The molecule has 0 fully saturated rings. The highest BCUT2D eigenvalue weighted by atomic mass is 32.1. The molecule has 1 N–H and O–H groups in total. The maximum Gasteiger partial charge on any atom is 0.245 e. The Morgan fingerprint density at radius 3 is 2.60 bits per heavy atom. The Bertz CT molecular complexity index is 996. The SMILES string of the molecule is CN(C)c1nc2nonc2nc1NCc1scnc1-c1ccccc1. The number of hydrogen-bond donors (Lipinski definition) is 1. The van der Waals surface area contributed by atoms with Gasteiger partial charge in [-0.25, -0.2) is 19.6 Å². The van der Waals surface area contributed by atoms with Gasteiger partial charge in [0.25, 0.3) is 0 Å². The van der Waals surface area contributed by atoms with E-state index in [1.165, 1.54) is 0 Å². The Labute approximate surface area is 147 Å². The minimum absolute atomic E-state index is 0.376. The van der Waals surface area contributed by atoms with Gasteiger partial charge in [0, 0.05) is 19.7 Å². The van der Waals surface area contributed by atoms with Crippen LogP contribution in [-0.2, 0) is 6.54 Å². The van der Waals surface area contributed by atoms with Crippen LogP contribution in [0.3, 0.4) is 0 Å². The normalized spacial score (nSPS) is 11.0. The van der Waals surface area contributed by atoms with Gasteiger partial charge < -0.3 is 10.2 Å². The third kappa shape index (κ3) is 3.01. The van der Waals surface area contributed by atoms with Crippen molar-refractivity contribution < 1.29 is 4.63 Å². The van der Waals surface area contributed by atoms with Gasteiger partial charge in [0.05, 0.1) is 22.6 Å². The Kier molecular flexibility index (Phi) is 3.98. The lowest BCUT2D eigenvalue weighted by Crippen LogP contribution is -2.15. The number of anilines is 2. The van der Waals surface area contributed by atoms with E-state index in [0.717, 1.165) is 16.1 Å². The summed E-state index contributed by atoms with van der Waals surface area (Å²) >= 11 is 1.60. The van der Waals surface area contributed by atoms with Crippen molar-refractivity contribution in [3.63, 3.8) is 0 Å². The average molecular weight is 353 g/mol. The smallest absolute Gasteiger partial charge is 0.245 e. The maximum absolute atomic E-state index is 4.70. The van der Waals surface area contributed by atoms with Crippen molar-refractivity contribution in [2.45, 2.75) is 6.54 Å². The Hall–Kier alpha value is -3.07. The van der Waals surface area contributed by atoms with Crippen LogP contribution in [0.5, 0.6) is 0 Å². The molecule has 3 heterocycles. The molecule has 0 aliphatic heterocycles. The molecule has 0 aliphatic rings. The number of thiazole rings is 1. The standard InChI is InChI=1S/C16H15N7OS/c1-23(2)16-15(19-13-14(20-16)22-24-21-13)17-8-11-12(18-9-25-11)10-6-4-3-5-7-10/h3-7,9H,8H2,1-2H3,(H,17,19,21). The molecule has 126 valence electrons. The van der Waals surface area contributed by atoms with Crippen LogP contribution in [0.15, 0.2) is 40.5 Å². The van der Waals surface area contributed by atoms with Crippen molar-refractivity contribution in [1.29, 1.82) is 0 Å². The topological polar surface area (TPSA) is 92.9 Å². The Morgan fingerprint density at radius 2 is 1.84 bits per heavy atom. The quantitative estimate of drug-likeness (QED) is 0.585. The van der Waals surface area contributed by atoms with Gasteiger partial charge in [-0.1, -0.05) is 30.3 Å². The molecule has 8 nitrogen and oxygen atoms in total. The first-order valence-corrected chi connectivity index (χ1v) is 8.49.